The molecule has 2 atom stereocenters. The van der Waals surface area contributed by atoms with Crippen molar-refractivity contribution < 1.29 is 23.7 Å². The molecule has 1 aliphatic rings. The average Bonchev–Trinajstić information content (AvgIpc) is 3.52. The van der Waals surface area contributed by atoms with Crippen molar-refractivity contribution in [2.24, 2.45) is 0 Å². The van der Waals surface area contributed by atoms with Crippen LogP contribution >= 0.6 is 0 Å². The fraction of sp³-hybridized carbons (Fsp3) is 0.442. The highest BCUT2D eigenvalue weighted by atomic mass is 16.6. The number of carbonyl (C=O) groups is 1. The summed E-state index contributed by atoms with van der Waals surface area (Å²) in [5, 5.41) is 5.12. The van der Waals surface area contributed by atoms with E-state index in [-0.39, 0.29) is 11.7 Å². The van der Waals surface area contributed by atoms with Crippen molar-refractivity contribution in [1.29, 1.82) is 0 Å². The van der Waals surface area contributed by atoms with Crippen LogP contribution in [0.2, 0.25) is 0 Å². The fourth-order valence-corrected chi connectivity index (χ4v) is 6.79. The minimum absolute atomic E-state index is 0.0548. The number of rotatable bonds is 14. The van der Waals surface area contributed by atoms with Crippen LogP contribution < -0.4 is 9.64 Å². The first-order valence-corrected chi connectivity index (χ1v) is 18.0. The van der Waals surface area contributed by atoms with Gasteiger partial charge < -0.3 is 23.8 Å². The number of ether oxygens (including phenoxy) is 4. The molecule has 4 aromatic rings. The van der Waals surface area contributed by atoms with E-state index in [4.69, 9.17) is 24.0 Å². The van der Waals surface area contributed by atoms with Crippen LogP contribution in [0, 0.1) is 13.8 Å². The Balaban J connectivity index is 1.62. The maximum Gasteiger partial charge on any atom is 0.339 e. The van der Waals surface area contributed by atoms with E-state index in [1.807, 2.05) is 44.5 Å². The van der Waals surface area contributed by atoms with E-state index in [9.17, 15) is 4.79 Å². The molecule has 51 heavy (non-hydrogen) atoms. The summed E-state index contributed by atoms with van der Waals surface area (Å²) in [7, 11) is 1.41. The lowest BCUT2D eigenvalue weighted by atomic mass is 9.91. The van der Waals surface area contributed by atoms with Crippen molar-refractivity contribution >= 4 is 17.2 Å². The number of hydrogen-bond acceptors (Lipinski definition) is 7. The van der Waals surface area contributed by atoms with E-state index in [1.165, 1.54) is 7.11 Å². The molecule has 0 saturated carbocycles. The summed E-state index contributed by atoms with van der Waals surface area (Å²) in [6, 6.07) is 16.9. The zero-order chi connectivity index (χ0) is 36.9. The number of pyridine rings is 1. The highest BCUT2D eigenvalue weighted by Crippen LogP contribution is 2.42. The lowest BCUT2D eigenvalue weighted by Gasteiger charge is -2.41. The maximum absolute atomic E-state index is 13.5. The molecule has 0 bridgehead atoms. The fourth-order valence-electron chi connectivity index (χ4n) is 6.79. The van der Waals surface area contributed by atoms with Gasteiger partial charge in [-0.05, 0) is 110 Å². The van der Waals surface area contributed by atoms with Crippen molar-refractivity contribution in [3.05, 3.63) is 96.7 Å². The molecule has 272 valence electrons. The Morgan fingerprint density at radius 1 is 1.04 bits per heavy atom. The number of nitrogens with zero attached hydrogens (tertiary/aromatic N) is 3. The first kappa shape index (κ1) is 37.8. The van der Waals surface area contributed by atoms with E-state index < -0.39 is 17.7 Å². The van der Waals surface area contributed by atoms with Crippen molar-refractivity contribution in [1.82, 2.24) is 9.61 Å². The van der Waals surface area contributed by atoms with Crippen LogP contribution in [-0.4, -0.2) is 59.7 Å². The highest BCUT2D eigenvalue weighted by molar-refractivity contribution is 5.88. The van der Waals surface area contributed by atoms with Crippen LogP contribution in [0.3, 0.4) is 0 Å². The summed E-state index contributed by atoms with van der Waals surface area (Å²) in [6.07, 6.45) is 8.29. The Morgan fingerprint density at radius 2 is 1.76 bits per heavy atom. The molecule has 8 nitrogen and oxygen atoms in total. The van der Waals surface area contributed by atoms with Crippen LogP contribution in [-0.2, 0) is 19.0 Å². The van der Waals surface area contributed by atoms with E-state index >= 15 is 0 Å². The van der Waals surface area contributed by atoms with Crippen LogP contribution in [0.25, 0.3) is 27.9 Å². The second-order valence-corrected chi connectivity index (χ2v) is 15.0. The zero-order valence-electron chi connectivity index (χ0n) is 31.8. The smallest absolute Gasteiger partial charge is 0.339 e. The van der Waals surface area contributed by atoms with Crippen molar-refractivity contribution in [3.63, 3.8) is 0 Å². The molecule has 0 unspecified atom stereocenters. The molecule has 0 aliphatic carbocycles. The molecule has 3 heterocycles. The molecular formula is C43H55N3O5. The molecule has 1 aliphatic heterocycles. The van der Waals surface area contributed by atoms with E-state index in [1.54, 1.807) is 6.08 Å². The minimum atomic E-state index is -0.921. The van der Waals surface area contributed by atoms with Crippen molar-refractivity contribution in [2.75, 3.05) is 31.7 Å². The number of anilines is 1. The average molecular weight is 694 g/mol. The van der Waals surface area contributed by atoms with Gasteiger partial charge in [-0.2, -0.15) is 5.10 Å². The lowest BCUT2D eigenvalue weighted by Crippen LogP contribution is -2.45. The van der Waals surface area contributed by atoms with Crippen LogP contribution in [0.4, 0.5) is 5.69 Å². The number of esters is 1. The summed E-state index contributed by atoms with van der Waals surface area (Å²) in [5.74, 6) is 0.422. The monoisotopic (exact) mass is 693 g/mol. The molecule has 0 radical (unpaired) electrons. The quantitative estimate of drug-likeness (QED) is 0.0962. The summed E-state index contributed by atoms with van der Waals surface area (Å²) in [4.78, 5) is 15.8. The van der Waals surface area contributed by atoms with Gasteiger partial charge in [0.25, 0.3) is 0 Å². The van der Waals surface area contributed by atoms with Crippen molar-refractivity contribution in [3.8, 4) is 28.1 Å². The number of benzene rings is 2. The Bertz CT molecular complexity index is 1860. The number of aryl methyl sites for hydroxylation is 2. The molecule has 1 fully saturated rings. The zero-order valence-corrected chi connectivity index (χ0v) is 31.8. The third-order valence-corrected chi connectivity index (χ3v) is 9.52. The number of aromatic nitrogens is 2. The molecule has 0 spiro atoms. The number of methoxy groups -OCH3 is 1. The van der Waals surface area contributed by atoms with E-state index in [2.05, 4.69) is 87.4 Å². The Hall–Kier alpha value is -4.40. The molecule has 5 rings (SSSR count). The molecule has 2 aromatic heterocycles. The molecular weight excluding hydrogens is 638 g/mol. The largest absolute Gasteiger partial charge is 0.490 e. The summed E-state index contributed by atoms with van der Waals surface area (Å²) < 4.78 is 26.4. The molecule has 2 aromatic carbocycles. The Labute approximate surface area is 304 Å². The van der Waals surface area contributed by atoms with Gasteiger partial charge in [-0.25, -0.2) is 9.31 Å². The van der Waals surface area contributed by atoms with Gasteiger partial charge in [-0.3, -0.25) is 0 Å². The van der Waals surface area contributed by atoms with Gasteiger partial charge in [-0.15, -0.1) is 13.2 Å². The first-order chi connectivity index (χ1) is 24.3. The van der Waals surface area contributed by atoms with Crippen LogP contribution in [0.5, 0.6) is 5.75 Å². The SMILES string of the molecule is C=CCC[C@H](C)Oc1ccc(C)cc1-c1cccc(-c2cc3c(N4CCC(C)(OCC=C)CC4)c([C@H](OC(C)(C)C)C(=O)OC)c(C)cn3n2)c1. The summed E-state index contributed by atoms with van der Waals surface area (Å²) in [5.41, 5.74) is 7.72. The van der Waals surface area contributed by atoms with Gasteiger partial charge in [0.15, 0.2) is 6.10 Å². The number of fused-ring (bicyclic) bond motifs is 1. The molecule has 1 saturated heterocycles. The topological polar surface area (TPSA) is 74.5 Å². The van der Waals surface area contributed by atoms with Gasteiger partial charge in [0, 0.05) is 36.0 Å². The van der Waals surface area contributed by atoms with E-state index in [0.29, 0.717) is 6.61 Å². The predicted molar refractivity (Wildman–Crippen MR) is 207 cm³/mol. The predicted octanol–water partition coefficient (Wildman–Crippen LogP) is 9.61. The van der Waals surface area contributed by atoms with Crippen molar-refractivity contribution in [2.45, 2.75) is 97.6 Å². The minimum Gasteiger partial charge on any atom is -0.490 e. The number of piperidine rings is 1. The lowest BCUT2D eigenvalue weighted by molar-refractivity contribution is -0.164. The van der Waals surface area contributed by atoms with Gasteiger partial charge in [0.1, 0.15) is 5.75 Å². The standard InChI is InChI=1S/C43H55N3O5/c1-11-13-15-31(5)50-37-19-18-29(3)25-34(37)32-16-14-17-33(26-32)35-27-36-39(45-22-20-43(9,21-23-45)49-24-12-2)38(30(4)28-46(36)44-35)40(41(47)48-10)51-42(6,7)8/h11-12,14,16-19,25-28,31,40H,1-2,13,15,20-24H2,3-10H3/t31-,40-/m0/s1. The third kappa shape index (κ3) is 8.92. The number of allylic oxidation sites excluding steroid dienone is 1. The van der Waals surface area contributed by atoms with Gasteiger partial charge in [0.05, 0.1) is 47.9 Å². The highest BCUT2D eigenvalue weighted by Gasteiger charge is 2.37. The molecule has 0 amide bonds. The number of carbonyl (C=O) groups excluding carboxylic acids is 1. The van der Waals surface area contributed by atoms with Crippen LogP contribution in [0.15, 0.2) is 80.0 Å². The summed E-state index contributed by atoms with van der Waals surface area (Å²) >= 11 is 0. The Morgan fingerprint density at radius 3 is 2.43 bits per heavy atom. The van der Waals surface area contributed by atoms with Gasteiger partial charge in [0.2, 0.25) is 0 Å². The molecule has 8 heteroatoms. The van der Waals surface area contributed by atoms with Crippen LogP contribution in [0.1, 0.15) is 83.1 Å². The third-order valence-electron chi connectivity index (χ3n) is 9.52. The molecule has 0 N–H and O–H groups in total. The first-order valence-electron chi connectivity index (χ1n) is 18.0. The maximum atomic E-state index is 13.5. The second kappa shape index (κ2) is 15.9. The Kier molecular flexibility index (Phi) is 11.8. The van der Waals surface area contributed by atoms with E-state index in [0.717, 1.165) is 94.8 Å². The van der Waals surface area contributed by atoms with Gasteiger partial charge in [-0.1, -0.05) is 42.0 Å². The summed E-state index contributed by atoms with van der Waals surface area (Å²) in [6.45, 7) is 23.9. The van der Waals surface area contributed by atoms with Gasteiger partial charge >= 0.3 is 5.97 Å². The normalized spacial score (nSPS) is 15.7. The number of hydrogen-bond donors (Lipinski definition) is 0. The second-order valence-electron chi connectivity index (χ2n) is 15.0.